The lowest BCUT2D eigenvalue weighted by atomic mass is 9.66. The number of ether oxygens (including phenoxy) is 1. The van der Waals surface area contributed by atoms with Crippen LogP contribution in [0.1, 0.15) is 44.7 Å². The molecule has 0 bridgehead atoms. The maximum atomic E-state index is 15.1. The minimum absolute atomic E-state index is 0.00128. The van der Waals surface area contributed by atoms with E-state index in [0.717, 1.165) is 11.8 Å². The number of rotatable bonds is 10. The molecule has 2 heterocycles. The van der Waals surface area contributed by atoms with Gasteiger partial charge in [-0.1, -0.05) is 59.1 Å². The predicted molar refractivity (Wildman–Crippen MR) is 200 cm³/mol. The van der Waals surface area contributed by atoms with Crippen molar-refractivity contribution in [3.63, 3.8) is 0 Å². The third-order valence-electron chi connectivity index (χ3n) is 9.96. The Balaban J connectivity index is 1.67. The number of sulfone groups is 2. The molecule has 0 N–H and O–H groups in total. The van der Waals surface area contributed by atoms with Crippen LogP contribution in [0.4, 0.5) is 4.79 Å². The zero-order valence-corrected chi connectivity index (χ0v) is 32.7. The van der Waals surface area contributed by atoms with Crippen LogP contribution in [0, 0.1) is 5.92 Å². The standard InChI is InChI=1S/C35H43Cl3N4O6S2/c1-6-48-30-23-29(38)31(50(5,46)47)22-28(30)32-39-34(2,24-8-12-26(36)13-9-24)35(3,25-10-14-27(37)15-11-25)42(32)33(43)41-19-17-40(18-20-41)16-7-21-49(4,44)45/h8,10-15,22-24H,6-7,9,16-21H2,1-5H3/t24?,34-,35+/m0/s1. The van der Waals surface area contributed by atoms with Crippen LogP contribution in [0.25, 0.3) is 0 Å². The highest BCUT2D eigenvalue weighted by Crippen LogP contribution is 2.54. The number of allylic oxidation sites excluding steroid dienone is 3. The zero-order chi connectivity index (χ0) is 36.6. The molecule has 15 heteroatoms. The van der Waals surface area contributed by atoms with Crippen molar-refractivity contribution < 1.29 is 26.4 Å². The molecule has 5 rings (SSSR count). The topological polar surface area (TPSA) is 117 Å². The fourth-order valence-corrected chi connectivity index (χ4v) is 9.31. The maximum absolute atomic E-state index is 15.1. The number of hydrogen-bond donors (Lipinski definition) is 0. The summed E-state index contributed by atoms with van der Waals surface area (Å²) in [4.78, 5) is 26.1. The summed E-state index contributed by atoms with van der Waals surface area (Å²) in [5, 5.41) is 1.14. The quantitative estimate of drug-likeness (QED) is 0.274. The third kappa shape index (κ3) is 7.76. The first-order chi connectivity index (χ1) is 23.4. The number of benzene rings is 2. The number of nitrogens with zero attached hydrogens (tertiary/aromatic N) is 4. The predicted octanol–water partition coefficient (Wildman–Crippen LogP) is 6.40. The molecule has 10 nitrogen and oxygen atoms in total. The minimum atomic E-state index is -3.79. The van der Waals surface area contributed by atoms with Crippen LogP contribution in [0.3, 0.4) is 0 Å². The lowest BCUT2D eigenvalue weighted by Gasteiger charge is -2.49. The molecule has 2 amide bonds. The largest absolute Gasteiger partial charge is 0.493 e. The summed E-state index contributed by atoms with van der Waals surface area (Å²) >= 11 is 19.3. The molecule has 2 aromatic carbocycles. The highest BCUT2D eigenvalue weighted by atomic mass is 35.5. The molecule has 1 unspecified atom stereocenters. The molecule has 1 aliphatic carbocycles. The molecular formula is C35H43Cl3N4O6S2. The highest BCUT2D eigenvalue weighted by molar-refractivity contribution is 7.91. The van der Waals surface area contributed by atoms with Crippen molar-refractivity contribution >= 4 is 66.3 Å². The van der Waals surface area contributed by atoms with Crippen LogP contribution in [0.5, 0.6) is 5.75 Å². The SMILES string of the molecule is CCOc1cc(Cl)c(S(C)(=O)=O)cc1C1=N[C@@](C)(C2C=CC(Cl)=CC2)[C@@](C)(c2ccc(Cl)cc2)N1C(=O)N1CCN(CCCS(C)(=O)=O)CC1. The van der Waals surface area contributed by atoms with Crippen LogP contribution < -0.4 is 4.74 Å². The number of carbonyl (C=O) groups is 1. The van der Waals surface area contributed by atoms with Gasteiger partial charge >= 0.3 is 6.03 Å². The Labute approximate surface area is 310 Å². The van der Waals surface area contributed by atoms with Crippen LogP contribution in [0.2, 0.25) is 10.0 Å². The first-order valence-corrected chi connectivity index (χ1v) is 21.5. The Bertz CT molecular complexity index is 1940. The summed E-state index contributed by atoms with van der Waals surface area (Å²) in [6, 6.07) is 9.94. The summed E-state index contributed by atoms with van der Waals surface area (Å²) in [7, 11) is -6.86. The van der Waals surface area contributed by atoms with E-state index in [-0.39, 0.29) is 40.1 Å². The van der Waals surface area contributed by atoms with E-state index in [1.807, 2.05) is 51.1 Å². The number of amides is 2. The van der Waals surface area contributed by atoms with Crippen LogP contribution in [0.15, 0.2) is 69.5 Å². The second kappa shape index (κ2) is 14.8. The molecule has 0 saturated carbocycles. The van der Waals surface area contributed by atoms with Crippen LogP contribution in [-0.2, 0) is 25.2 Å². The summed E-state index contributed by atoms with van der Waals surface area (Å²) < 4.78 is 55.4. The van der Waals surface area contributed by atoms with Crippen molar-refractivity contribution in [3.8, 4) is 5.75 Å². The molecule has 2 aliphatic heterocycles. The summed E-state index contributed by atoms with van der Waals surface area (Å²) in [5.74, 6) is 0.431. The normalized spacial score (nSPS) is 24.7. The summed E-state index contributed by atoms with van der Waals surface area (Å²) in [6.07, 6.45) is 9.14. The zero-order valence-electron chi connectivity index (χ0n) is 28.8. The average molecular weight is 786 g/mol. The number of piperazine rings is 1. The maximum Gasteiger partial charge on any atom is 0.326 e. The van der Waals surface area contributed by atoms with E-state index in [2.05, 4.69) is 4.90 Å². The van der Waals surface area contributed by atoms with Crippen LogP contribution >= 0.6 is 34.8 Å². The number of urea groups is 1. The van der Waals surface area contributed by atoms with Crippen molar-refractivity contribution in [2.45, 2.75) is 49.6 Å². The smallest absolute Gasteiger partial charge is 0.326 e. The summed E-state index contributed by atoms with van der Waals surface area (Å²) in [6.45, 7) is 8.55. The molecule has 50 heavy (non-hydrogen) atoms. The van der Waals surface area contributed by atoms with Gasteiger partial charge in [0, 0.05) is 60.7 Å². The second-order valence-electron chi connectivity index (χ2n) is 13.4. The average Bonchev–Trinajstić information content (AvgIpc) is 3.28. The van der Waals surface area contributed by atoms with E-state index in [0.29, 0.717) is 66.9 Å². The Morgan fingerprint density at radius 1 is 1.00 bits per heavy atom. The number of hydrogen-bond acceptors (Lipinski definition) is 8. The molecule has 1 saturated heterocycles. The van der Waals surface area contributed by atoms with E-state index in [4.69, 9.17) is 44.5 Å². The third-order valence-corrected chi connectivity index (χ3v) is 13.1. The van der Waals surface area contributed by atoms with Gasteiger partial charge in [0.2, 0.25) is 0 Å². The number of halogens is 3. The van der Waals surface area contributed by atoms with Crippen molar-refractivity contribution in [2.24, 2.45) is 10.9 Å². The number of amidine groups is 1. The number of carbonyl (C=O) groups excluding carboxylic acids is 1. The van der Waals surface area contributed by atoms with Gasteiger partial charge in [-0.25, -0.2) is 21.6 Å². The van der Waals surface area contributed by atoms with E-state index in [9.17, 15) is 16.8 Å². The molecule has 0 radical (unpaired) electrons. The molecule has 0 aromatic heterocycles. The first kappa shape index (κ1) is 38.6. The Kier molecular flexibility index (Phi) is 11.4. The van der Waals surface area contributed by atoms with Crippen molar-refractivity contribution in [2.75, 3.05) is 57.6 Å². The van der Waals surface area contributed by atoms with Gasteiger partial charge < -0.3 is 9.64 Å². The van der Waals surface area contributed by atoms with Gasteiger partial charge in [-0.2, -0.15) is 0 Å². The second-order valence-corrected chi connectivity index (χ2v) is 18.9. The van der Waals surface area contributed by atoms with Crippen molar-refractivity contribution in [1.82, 2.24) is 14.7 Å². The van der Waals surface area contributed by atoms with E-state index < -0.39 is 30.8 Å². The van der Waals surface area contributed by atoms with Crippen LogP contribution in [-0.4, -0.2) is 107 Å². The van der Waals surface area contributed by atoms with Gasteiger partial charge in [-0.3, -0.25) is 14.8 Å². The minimum Gasteiger partial charge on any atom is -0.493 e. The molecule has 3 atom stereocenters. The van der Waals surface area contributed by atoms with E-state index >= 15 is 4.79 Å². The number of aliphatic imine (C=N–C) groups is 1. The lowest BCUT2D eigenvalue weighted by molar-refractivity contribution is 0.0754. The molecule has 2 aromatic rings. The van der Waals surface area contributed by atoms with Gasteiger partial charge in [-0.05, 0) is 70.0 Å². The highest BCUT2D eigenvalue weighted by Gasteiger charge is 2.62. The molecule has 272 valence electrons. The van der Waals surface area contributed by atoms with Gasteiger partial charge in [0.05, 0.1) is 38.9 Å². The Hall–Kier alpha value is -2.61. The Morgan fingerprint density at radius 3 is 2.22 bits per heavy atom. The lowest BCUT2D eigenvalue weighted by Crippen LogP contribution is -2.62. The molecule has 3 aliphatic rings. The first-order valence-electron chi connectivity index (χ1n) is 16.4. The van der Waals surface area contributed by atoms with Gasteiger partial charge in [0.1, 0.15) is 21.4 Å². The molecule has 1 fully saturated rings. The monoisotopic (exact) mass is 784 g/mol. The van der Waals surface area contributed by atoms with E-state index in [1.165, 1.54) is 18.4 Å². The van der Waals surface area contributed by atoms with Crippen molar-refractivity contribution in [1.29, 1.82) is 0 Å². The summed E-state index contributed by atoms with van der Waals surface area (Å²) in [5.41, 5.74) is -1.03. The fourth-order valence-electron chi connectivity index (χ4n) is 7.05. The van der Waals surface area contributed by atoms with E-state index in [1.54, 1.807) is 21.9 Å². The van der Waals surface area contributed by atoms with Gasteiger partial charge in [-0.15, -0.1) is 0 Å². The molecular weight excluding hydrogens is 743 g/mol. The van der Waals surface area contributed by atoms with Gasteiger partial charge in [0.25, 0.3) is 0 Å². The Morgan fingerprint density at radius 2 is 1.66 bits per heavy atom. The van der Waals surface area contributed by atoms with Crippen molar-refractivity contribution in [3.05, 3.63) is 80.8 Å². The van der Waals surface area contributed by atoms with Gasteiger partial charge in [0.15, 0.2) is 9.84 Å². The molecule has 0 spiro atoms. The fraction of sp³-hybridized carbons (Fsp3) is 0.486.